The molecule has 14 heavy (non-hydrogen) atoms. The first kappa shape index (κ1) is 11.3. The zero-order chi connectivity index (χ0) is 11.0. The van der Waals surface area contributed by atoms with Crippen LogP contribution in [0.15, 0.2) is 4.47 Å². The SMILES string of the molecule is Cc1c(Cl)c(Br)c(F)c(N)c1C(=O)O. The Hall–Kier alpha value is -0.810. The van der Waals surface area contributed by atoms with Gasteiger partial charge in [0.2, 0.25) is 0 Å². The van der Waals surface area contributed by atoms with Gasteiger partial charge in [0.1, 0.15) is 0 Å². The van der Waals surface area contributed by atoms with Crippen LogP contribution in [0.2, 0.25) is 5.02 Å². The fourth-order valence-electron chi connectivity index (χ4n) is 1.08. The van der Waals surface area contributed by atoms with E-state index in [4.69, 9.17) is 22.4 Å². The Labute approximate surface area is 92.8 Å². The molecule has 0 unspecified atom stereocenters. The van der Waals surface area contributed by atoms with Crippen molar-refractivity contribution in [3.05, 3.63) is 26.4 Å². The number of hydrogen-bond donors (Lipinski definition) is 2. The van der Waals surface area contributed by atoms with Crippen LogP contribution in [0, 0.1) is 12.7 Å². The largest absolute Gasteiger partial charge is 0.478 e. The Morgan fingerprint density at radius 3 is 2.57 bits per heavy atom. The van der Waals surface area contributed by atoms with E-state index in [-0.39, 0.29) is 20.6 Å². The molecule has 0 fully saturated rings. The fraction of sp³-hybridized carbons (Fsp3) is 0.125. The van der Waals surface area contributed by atoms with Gasteiger partial charge in [-0.1, -0.05) is 11.6 Å². The lowest BCUT2D eigenvalue weighted by atomic mass is 10.1. The van der Waals surface area contributed by atoms with E-state index in [9.17, 15) is 9.18 Å². The van der Waals surface area contributed by atoms with Crippen molar-refractivity contribution in [2.45, 2.75) is 6.92 Å². The van der Waals surface area contributed by atoms with Gasteiger partial charge in [-0.3, -0.25) is 0 Å². The van der Waals surface area contributed by atoms with E-state index in [0.717, 1.165) is 0 Å². The van der Waals surface area contributed by atoms with Crippen molar-refractivity contribution in [2.24, 2.45) is 0 Å². The van der Waals surface area contributed by atoms with Gasteiger partial charge in [-0.25, -0.2) is 9.18 Å². The minimum atomic E-state index is -1.30. The number of carbonyl (C=O) groups is 1. The molecule has 0 saturated heterocycles. The number of aromatic carboxylic acids is 1. The predicted octanol–water partition coefficient (Wildman–Crippen LogP) is 2.83. The van der Waals surface area contributed by atoms with Crippen LogP contribution >= 0.6 is 27.5 Å². The Morgan fingerprint density at radius 1 is 1.64 bits per heavy atom. The van der Waals surface area contributed by atoms with Gasteiger partial charge in [0.25, 0.3) is 0 Å². The molecule has 0 atom stereocenters. The second kappa shape index (κ2) is 3.74. The maximum absolute atomic E-state index is 13.3. The normalized spacial score (nSPS) is 10.3. The van der Waals surface area contributed by atoms with Gasteiger partial charge in [-0.15, -0.1) is 0 Å². The molecule has 0 radical (unpaired) electrons. The Kier molecular flexibility index (Phi) is 3.01. The molecule has 0 aliphatic carbocycles. The van der Waals surface area contributed by atoms with E-state index in [1.807, 2.05) is 0 Å². The second-order valence-corrected chi connectivity index (χ2v) is 3.83. The highest BCUT2D eigenvalue weighted by Crippen LogP contribution is 2.35. The van der Waals surface area contributed by atoms with Crippen LogP contribution in [0.3, 0.4) is 0 Å². The third kappa shape index (κ3) is 1.57. The highest BCUT2D eigenvalue weighted by atomic mass is 79.9. The molecule has 1 rings (SSSR count). The number of carboxylic acid groups (broad SMARTS) is 1. The molecule has 0 aromatic heterocycles. The monoisotopic (exact) mass is 281 g/mol. The maximum Gasteiger partial charge on any atom is 0.338 e. The lowest BCUT2D eigenvalue weighted by Gasteiger charge is -2.10. The van der Waals surface area contributed by atoms with Gasteiger partial charge in [0.05, 0.1) is 20.7 Å². The third-order valence-corrected chi connectivity index (χ3v) is 3.25. The second-order valence-electron chi connectivity index (χ2n) is 2.66. The van der Waals surface area contributed by atoms with Crippen molar-refractivity contribution in [1.29, 1.82) is 0 Å². The number of nitrogens with two attached hydrogens (primary N) is 1. The smallest absolute Gasteiger partial charge is 0.338 e. The molecular formula is C8H6BrClFNO2. The summed E-state index contributed by atoms with van der Waals surface area (Å²) in [5.74, 6) is -2.15. The summed E-state index contributed by atoms with van der Waals surface area (Å²) >= 11 is 8.58. The van der Waals surface area contributed by atoms with Crippen LogP contribution in [0.5, 0.6) is 0 Å². The highest BCUT2D eigenvalue weighted by Gasteiger charge is 2.21. The van der Waals surface area contributed by atoms with Crippen LogP contribution in [-0.4, -0.2) is 11.1 Å². The Bertz CT molecular complexity index is 393. The molecule has 0 amide bonds. The van der Waals surface area contributed by atoms with E-state index < -0.39 is 17.5 Å². The number of benzene rings is 1. The molecule has 3 nitrogen and oxygen atoms in total. The molecule has 0 saturated carbocycles. The van der Waals surface area contributed by atoms with Crippen LogP contribution in [0.1, 0.15) is 15.9 Å². The average molecular weight is 282 g/mol. The van der Waals surface area contributed by atoms with Gasteiger partial charge < -0.3 is 10.8 Å². The van der Waals surface area contributed by atoms with E-state index in [2.05, 4.69) is 15.9 Å². The molecule has 6 heteroatoms. The summed E-state index contributed by atoms with van der Waals surface area (Å²) in [5, 5.41) is 8.79. The molecular weight excluding hydrogens is 276 g/mol. The number of hydrogen-bond acceptors (Lipinski definition) is 2. The first-order valence-electron chi connectivity index (χ1n) is 3.53. The van der Waals surface area contributed by atoms with Crippen LogP contribution in [-0.2, 0) is 0 Å². The zero-order valence-electron chi connectivity index (χ0n) is 7.07. The number of rotatable bonds is 1. The summed E-state index contributed by atoms with van der Waals surface area (Å²) in [4.78, 5) is 10.7. The summed E-state index contributed by atoms with van der Waals surface area (Å²) in [6.45, 7) is 1.46. The molecule has 1 aromatic carbocycles. The number of halogens is 3. The summed E-state index contributed by atoms with van der Waals surface area (Å²) in [7, 11) is 0. The molecule has 0 spiro atoms. The average Bonchev–Trinajstić information content (AvgIpc) is 2.11. The first-order valence-corrected chi connectivity index (χ1v) is 4.70. The highest BCUT2D eigenvalue weighted by molar-refractivity contribution is 9.10. The standard InChI is InChI=1S/C8H6BrClFNO2/c1-2-3(8(13)14)7(12)6(11)4(9)5(2)10/h12H2,1H3,(H,13,14). The minimum Gasteiger partial charge on any atom is -0.478 e. The summed E-state index contributed by atoms with van der Waals surface area (Å²) in [5.41, 5.74) is 4.84. The number of nitrogen functional groups attached to an aromatic ring is 1. The van der Waals surface area contributed by atoms with Gasteiger partial charge in [0, 0.05) is 0 Å². The van der Waals surface area contributed by atoms with E-state index in [1.165, 1.54) is 6.92 Å². The van der Waals surface area contributed by atoms with Crippen molar-refractivity contribution in [1.82, 2.24) is 0 Å². The van der Waals surface area contributed by atoms with Gasteiger partial charge in [-0.05, 0) is 28.4 Å². The Balaban J connectivity index is 3.68. The molecule has 0 heterocycles. The van der Waals surface area contributed by atoms with E-state index >= 15 is 0 Å². The molecule has 0 bridgehead atoms. The van der Waals surface area contributed by atoms with E-state index in [1.54, 1.807) is 0 Å². The van der Waals surface area contributed by atoms with E-state index in [0.29, 0.717) is 0 Å². The Morgan fingerprint density at radius 2 is 2.14 bits per heavy atom. The molecule has 0 aliphatic rings. The minimum absolute atomic E-state index is 0.0147. The zero-order valence-corrected chi connectivity index (χ0v) is 9.41. The summed E-state index contributed by atoms with van der Waals surface area (Å²) < 4.78 is 13.3. The van der Waals surface area contributed by atoms with Gasteiger partial charge >= 0.3 is 5.97 Å². The summed E-state index contributed by atoms with van der Waals surface area (Å²) in [6, 6.07) is 0. The predicted molar refractivity (Wildman–Crippen MR) is 55.2 cm³/mol. The van der Waals surface area contributed by atoms with Crippen molar-refractivity contribution in [3.63, 3.8) is 0 Å². The van der Waals surface area contributed by atoms with Crippen LogP contribution in [0.4, 0.5) is 10.1 Å². The fourth-order valence-corrected chi connectivity index (χ4v) is 1.76. The number of anilines is 1. The molecule has 3 N–H and O–H groups in total. The third-order valence-electron chi connectivity index (χ3n) is 1.81. The lowest BCUT2D eigenvalue weighted by Crippen LogP contribution is -2.08. The molecule has 0 aliphatic heterocycles. The lowest BCUT2D eigenvalue weighted by molar-refractivity contribution is 0.0697. The van der Waals surface area contributed by atoms with Crippen LogP contribution < -0.4 is 5.73 Å². The van der Waals surface area contributed by atoms with Crippen molar-refractivity contribution in [2.75, 3.05) is 5.73 Å². The van der Waals surface area contributed by atoms with Gasteiger partial charge in [-0.2, -0.15) is 0 Å². The summed E-state index contributed by atoms with van der Waals surface area (Å²) in [6.07, 6.45) is 0. The molecule has 1 aromatic rings. The molecule has 76 valence electrons. The quantitative estimate of drug-likeness (QED) is 0.615. The topological polar surface area (TPSA) is 63.3 Å². The number of carboxylic acids is 1. The van der Waals surface area contributed by atoms with Crippen LogP contribution in [0.25, 0.3) is 0 Å². The van der Waals surface area contributed by atoms with Crippen molar-refractivity contribution < 1.29 is 14.3 Å². The van der Waals surface area contributed by atoms with Gasteiger partial charge in [0.15, 0.2) is 5.82 Å². The maximum atomic E-state index is 13.3. The first-order chi connectivity index (χ1) is 6.37. The van der Waals surface area contributed by atoms with Crippen molar-refractivity contribution >= 4 is 39.2 Å². The van der Waals surface area contributed by atoms with Crippen molar-refractivity contribution in [3.8, 4) is 0 Å².